The number of piperidine rings is 1. The summed E-state index contributed by atoms with van der Waals surface area (Å²) in [5.74, 6) is 1.05. The Labute approximate surface area is 86.6 Å². The quantitative estimate of drug-likeness (QED) is 0.744. The third-order valence-electron chi connectivity index (χ3n) is 3.05. The van der Waals surface area contributed by atoms with Crippen molar-refractivity contribution < 1.29 is 4.79 Å². The van der Waals surface area contributed by atoms with Crippen LogP contribution in [-0.4, -0.2) is 29.9 Å². The Bertz CT molecular complexity index is 194. The minimum atomic E-state index is 0.287. The molecule has 2 N–H and O–H groups in total. The summed E-state index contributed by atoms with van der Waals surface area (Å²) in [6.45, 7) is 5.96. The normalized spacial score (nSPS) is 27.8. The standard InChI is InChI=1S/C11H22N2O/c1-9-5-7-13(10(2)8-9)11(14)4-3-6-12/h9-10H,3-8,12H2,1-2H3. The van der Waals surface area contributed by atoms with Crippen LogP contribution in [0.3, 0.4) is 0 Å². The van der Waals surface area contributed by atoms with Crippen molar-refractivity contribution in [2.75, 3.05) is 13.1 Å². The number of amides is 1. The second kappa shape index (κ2) is 5.35. The molecule has 2 unspecified atom stereocenters. The van der Waals surface area contributed by atoms with Crippen molar-refractivity contribution in [3.8, 4) is 0 Å². The van der Waals surface area contributed by atoms with Gasteiger partial charge in [0.25, 0.3) is 0 Å². The zero-order valence-corrected chi connectivity index (χ0v) is 9.33. The second-order valence-electron chi connectivity index (χ2n) is 4.46. The molecule has 0 bridgehead atoms. The average Bonchev–Trinajstić information content (AvgIpc) is 2.14. The van der Waals surface area contributed by atoms with Gasteiger partial charge < -0.3 is 10.6 Å². The predicted molar refractivity (Wildman–Crippen MR) is 57.9 cm³/mol. The summed E-state index contributed by atoms with van der Waals surface area (Å²) in [5, 5.41) is 0. The molecule has 82 valence electrons. The molecule has 0 saturated carbocycles. The number of hydrogen-bond donors (Lipinski definition) is 1. The molecule has 3 heteroatoms. The topological polar surface area (TPSA) is 46.3 Å². The van der Waals surface area contributed by atoms with Gasteiger partial charge in [0.05, 0.1) is 0 Å². The highest BCUT2D eigenvalue weighted by Gasteiger charge is 2.25. The summed E-state index contributed by atoms with van der Waals surface area (Å²) in [7, 11) is 0. The van der Waals surface area contributed by atoms with E-state index in [2.05, 4.69) is 13.8 Å². The van der Waals surface area contributed by atoms with E-state index in [-0.39, 0.29) is 5.91 Å². The van der Waals surface area contributed by atoms with Crippen LogP contribution in [0.5, 0.6) is 0 Å². The molecule has 0 aromatic rings. The lowest BCUT2D eigenvalue weighted by Gasteiger charge is -2.36. The van der Waals surface area contributed by atoms with Gasteiger partial charge in [-0.25, -0.2) is 0 Å². The highest BCUT2D eigenvalue weighted by molar-refractivity contribution is 5.76. The van der Waals surface area contributed by atoms with Gasteiger partial charge in [-0.1, -0.05) is 6.92 Å². The van der Waals surface area contributed by atoms with Gasteiger partial charge in [0.15, 0.2) is 0 Å². The van der Waals surface area contributed by atoms with Crippen molar-refractivity contribution >= 4 is 5.91 Å². The van der Waals surface area contributed by atoms with Crippen LogP contribution in [0, 0.1) is 5.92 Å². The molecule has 2 atom stereocenters. The Morgan fingerprint density at radius 2 is 2.21 bits per heavy atom. The van der Waals surface area contributed by atoms with Gasteiger partial charge in [0.1, 0.15) is 0 Å². The molecule has 3 nitrogen and oxygen atoms in total. The molecule has 0 spiro atoms. The van der Waals surface area contributed by atoms with Crippen molar-refractivity contribution in [2.45, 2.75) is 45.6 Å². The van der Waals surface area contributed by atoms with Gasteiger partial charge >= 0.3 is 0 Å². The minimum Gasteiger partial charge on any atom is -0.340 e. The van der Waals surface area contributed by atoms with Crippen molar-refractivity contribution in [3.05, 3.63) is 0 Å². The van der Waals surface area contributed by atoms with Crippen molar-refractivity contribution in [1.82, 2.24) is 4.90 Å². The van der Waals surface area contributed by atoms with E-state index >= 15 is 0 Å². The first-order valence-electron chi connectivity index (χ1n) is 5.64. The summed E-state index contributed by atoms with van der Waals surface area (Å²) >= 11 is 0. The van der Waals surface area contributed by atoms with Crippen molar-refractivity contribution in [2.24, 2.45) is 11.7 Å². The lowest BCUT2D eigenvalue weighted by molar-refractivity contribution is -0.135. The van der Waals surface area contributed by atoms with Crippen molar-refractivity contribution in [3.63, 3.8) is 0 Å². The van der Waals surface area contributed by atoms with Gasteiger partial charge in [0.2, 0.25) is 5.91 Å². The maximum atomic E-state index is 11.7. The number of carbonyl (C=O) groups is 1. The van der Waals surface area contributed by atoms with E-state index in [0.717, 1.165) is 31.7 Å². The molecule has 1 heterocycles. The molecule has 1 saturated heterocycles. The second-order valence-corrected chi connectivity index (χ2v) is 4.46. The summed E-state index contributed by atoms with van der Waals surface area (Å²) < 4.78 is 0. The number of nitrogens with two attached hydrogens (primary N) is 1. The van der Waals surface area contributed by atoms with Crippen LogP contribution in [0.15, 0.2) is 0 Å². The molecule has 0 aromatic heterocycles. The average molecular weight is 198 g/mol. The highest BCUT2D eigenvalue weighted by Crippen LogP contribution is 2.22. The van der Waals surface area contributed by atoms with Crippen LogP contribution < -0.4 is 5.73 Å². The number of hydrogen-bond acceptors (Lipinski definition) is 2. The Kier molecular flexibility index (Phi) is 4.39. The Morgan fingerprint density at radius 3 is 2.79 bits per heavy atom. The van der Waals surface area contributed by atoms with E-state index in [1.165, 1.54) is 0 Å². The molecule has 1 aliphatic heterocycles. The Hall–Kier alpha value is -0.570. The molecule has 1 amide bonds. The third kappa shape index (κ3) is 2.98. The fourth-order valence-corrected chi connectivity index (χ4v) is 2.17. The number of likely N-dealkylation sites (tertiary alicyclic amines) is 1. The Morgan fingerprint density at radius 1 is 1.50 bits per heavy atom. The van der Waals surface area contributed by atoms with E-state index in [4.69, 9.17) is 5.73 Å². The monoisotopic (exact) mass is 198 g/mol. The number of rotatable bonds is 3. The van der Waals surface area contributed by atoms with Gasteiger partial charge in [0, 0.05) is 19.0 Å². The van der Waals surface area contributed by atoms with Crippen LogP contribution in [-0.2, 0) is 4.79 Å². The molecular formula is C11H22N2O. The molecule has 0 aromatic carbocycles. The molecular weight excluding hydrogens is 176 g/mol. The summed E-state index contributed by atoms with van der Waals surface area (Å²) in [6.07, 6.45) is 3.74. The van der Waals surface area contributed by atoms with Crippen LogP contribution in [0.2, 0.25) is 0 Å². The fourth-order valence-electron chi connectivity index (χ4n) is 2.17. The molecule has 1 rings (SSSR count). The van der Waals surface area contributed by atoms with E-state index in [0.29, 0.717) is 19.0 Å². The first-order chi connectivity index (χ1) is 6.65. The molecule has 14 heavy (non-hydrogen) atoms. The molecule has 0 radical (unpaired) electrons. The van der Waals surface area contributed by atoms with Crippen LogP contribution >= 0.6 is 0 Å². The number of carbonyl (C=O) groups excluding carboxylic acids is 1. The van der Waals surface area contributed by atoms with Gasteiger partial charge in [-0.3, -0.25) is 4.79 Å². The zero-order chi connectivity index (χ0) is 10.6. The minimum absolute atomic E-state index is 0.287. The van der Waals surface area contributed by atoms with Gasteiger partial charge in [-0.05, 0) is 38.6 Å². The first-order valence-corrected chi connectivity index (χ1v) is 5.64. The zero-order valence-electron chi connectivity index (χ0n) is 9.33. The Balaban J connectivity index is 2.39. The highest BCUT2D eigenvalue weighted by atomic mass is 16.2. The largest absolute Gasteiger partial charge is 0.340 e. The van der Waals surface area contributed by atoms with Crippen LogP contribution in [0.4, 0.5) is 0 Å². The summed E-state index contributed by atoms with van der Waals surface area (Å²) in [6, 6.07) is 0.420. The maximum absolute atomic E-state index is 11.7. The third-order valence-corrected chi connectivity index (χ3v) is 3.05. The maximum Gasteiger partial charge on any atom is 0.222 e. The SMILES string of the molecule is CC1CCN(C(=O)CCCN)C(C)C1. The molecule has 0 aliphatic carbocycles. The van der Waals surface area contributed by atoms with Crippen LogP contribution in [0.1, 0.15) is 39.5 Å². The number of nitrogens with zero attached hydrogens (tertiary/aromatic N) is 1. The molecule has 1 fully saturated rings. The predicted octanol–water partition coefficient (Wildman–Crippen LogP) is 1.37. The van der Waals surface area contributed by atoms with E-state index in [1.54, 1.807) is 0 Å². The van der Waals surface area contributed by atoms with Gasteiger partial charge in [-0.15, -0.1) is 0 Å². The van der Waals surface area contributed by atoms with E-state index < -0.39 is 0 Å². The fraction of sp³-hybridized carbons (Fsp3) is 0.909. The lowest BCUT2D eigenvalue weighted by atomic mass is 9.93. The lowest BCUT2D eigenvalue weighted by Crippen LogP contribution is -2.44. The van der Waals surface area contributed by atoms with E-state index in [1.807, 2.05) is 4.90 Å². The van der Waals surface area contributed by atoms with Crippen molar-refractivity contribution in [1.29, 1.82) is 0 Å². The molecule has 1 aliphatic rings. The van der Waals surface area contributed by atoms with Crippen LogP contribution in [0.25, 0.3) is 0 Å². The smallest absolute Gasteiger partial charge is 0.222 e. The van der Waals surface area contributed by atoms with E-state index in [9.17, 15) is 4.79 Å². The summed E-state index contributed by atoms with van der Waals surface area (Å²) in [5.41, 5.74) is 5.39. The van der Waals surface area contributed by atoms with Gasteiger partial charge in [-0.2, -0.15) is 0 Å². The first kappa shape index (κ1) is 11.5. The summed E-state index contributed by atoms with van der Waals surface area (Å²) in [4.78, 5) is 13.8.